The summed E-state index contributed by atoms with van der Waals surface area (Å²) >= 11 is 0. The van der Waals surface area contributed by atoms with Crippen molar-refractivity contribution >= 4 is 21.6 Å². The van der Waals surface area contributed by atoms with Crippen molar-refractivity contribution in [2.24, 2.45) is 0 Å². The average molecular weight is 427 g/mol. The van der Waals surface area contributed by atoms with Crippen LogP contribution in [0.25, 0.3) is 0 Å². The number of carbonyl (C=O) groups excluding carboxylic acids is 1. The quantitative estimate of drug-likeness (QED) is 0.769. The minimum absolute atomic E-state index is 0.0467. The molecule has 1 saturated heterocycles. The Bertz CT molecular complexity index is 973. The fourth-order valence-corrected chi connectivity index (χ4v) is 4.62. The third kappa shape index (κ3) is 4.95. The van der Waals surface area contributed by atoms with E-state index in [0.717, 1.165) is 22.5 Å². The predicted molar refractivity (Wildman–Crippen MR) is 101 cm³/mol. The van der Waals surface area contributed by atoms with Crippen LogP contribution in [0.15, 0.2) is 47.4 Å². The van der Waals surface area contributed by atoms with Crippen molar-refractivity contribution in [3.05, 3.63) is 59.9 Å². The lowest BCUT2D eigenvalue weighted by atomic mass is 10.2. The predicted octanol–water partition coefficient (Wildman–Crippen LogP) is 2.44. The van der Waals surface area contributed by atoms with Crippen LogP contribution in [0.4, 0.5) is 18.9 Å². The normalized spacial score (nSPS) is 16.0. The number of para-hydroxylation sites is 1. The molecule has 1 heterocycles. The third-order valence-corrected chi connectivity index (χ3v) is 6.60. The van der Waals surface area contributed by atoms with E-state index in [-0.39, 0.29) is 31.1 Å². The Balaban J connectivity index is 1.53. The van der Waals surface area contributed by atoms with Gasteiger partial charge in [0.25, 0.3) is 0 Å². The smallest absolute Gasteiger partial charge is 0.249 e. The second-order valence-corrected chi connectivity index (χ2v) is 8.45. The van der Waals surface area contributed by atoms with Crippen molar-refractivity contribution in [3.8, 4) is 0 Å². The lowest BCUT2D eigenvalue weighted by Crippen LogP contribution is -2.49. The van der Waals surface area contributed by atoms with Crippen LogP contribution in [0.3, 0.4) is 0 Å². The highest BCUT2D eigenvalue weighted by Crippen LogP contribution is 2.23. The van der Waals surface area contributed by atoms with E-state index in [1.165, 1.54) is 18.2 Å². The van der Waals surface area contributed by atoms with Crippen molar-refractivity contribution in [1.82, 2.24) is 9.21 Å². The molecule has 0 saturated carbocycles. The molecule has 1 aliphatic rings. The number of amides is 1. The molecule has 29 heavy (non-hydrogen) atoms. The monoisotopic (exact) mass is 427 g/mol. The van der Waals surface area contributed by atoms with E-state index in [9.17, 15) is 26.4 Å². The van der Waals surface area contributed by atoms with Crippen LogP contribution in [0.2, 0.25) is 0 Å². The zero-order valence-electron chi connectivity index (χ0n) is 15.4. The summed E-state index contributed by atoms with van der Waals surface area (Å²) in [5.41, 5.74) is 0.0975. The molecule has 0 atom stereocenters. The molecule has 2 aromatic rings. The Morgan fingerprint density at radius 3 is 2.10 bits per heavy atom. The van der Waals surface area contributed by atoms with E-state index in [1.807, 2.05) is 4.90 Å². The van der Waals surface area contributed by atoms with Crippen LogP contribution >= 0.6 is 0 Å². The van der Waals surface area contributed by atoms with Crippen molar-refractivity contribution in [3.63, 3.8) is 0 Å². The number of piperazine rings is 1. The molecule has 3 rings (SSSR count). The number of hydrogen-bond acceptors (Lipinski definition) is 4. The van der Waals surface area contributed by atoms with Gasteiger partial charge in [-0.25, -0.2) is 21.6 Å². The Morgan fingerprint density at radius 2 is 1.48 bits per heavy atom. The Morgan fingerprint density at radius 1 is 0.897 bits per heavy atom. The molecule has 2 aromatic carbocycles. The molecule has 6 nitrogen and oxygen atoms in total. The molecule has 156 valence electrons. The van der Waals surface area contributed by atoms with E-state index < -0.39 is 32.4 Å². The Labute approximate surface area is 167 Å². The molecule has 0 spiro atoms. The highest BCUT2D eigenvalue weighted by Gasteiger charge is 2.33. The number of nitrogens with zero attached hydrogens (tertiary/aromatic N) is 2. The minimum Gasteiger partial charge on any atom is -0.324 e. The van der Waals surface area contributed by atoms with E-state index in [4.69, 9.17) is 0 Å². The molecule has 1 fully saturated rings. The number of carbonyl (C=O) groups is 1. The second-order valence-electron chi connectivity index (χ2n) is 6.57. The Kier molecular flexibility index (Phi) is 6.56. The van der Waals surface area contributed by atoms with Gasteiger partial charge in [-0.1, -0.05) is 18.2 Å². The van der Waals surface area contributed by atoms with E-state index >= 15 is 0 Å². The van der Waals surface area contributed by atoms with Gasteiger partial charge in [-0.05, 0) is 24.3 Å². The summed E-state index contributed by atoms with van der Waals surface area (Å²) in [5, 5.41) is 2.49. The van der Waals surface area contributed by atoms with Gasteiger partial charge in [0.2, 0.25) is 15.9 Å². The van der Waals surface area contributed by atoms with Gasteiger partial charge in [0, 0.05) is 39.1 Å². The molecule has 1 aliphatic heterocycles. The van der Waals surface area contributed by atoms with Gasteiger partial charge >= 0.3 is 0 Å². The van der Waals surface area contributed by atoms with Crippen molar-refractivity contribution < 1.29 is 26.4 Å². The van der Waals surface area contributed by atoms with Gasteiger partial charge in [-0.3, -0.25) is 4.79 Å². The number of rotatable bonds is 6. The van der Waals surface area contributed by atoms with Crippen LogP contribution < -0.4 is 5.32 Å². The number of halogens is 3. The number of anilines is 1. The summed E-state index contributed by atoms with van der Waals surface area (Å²) in [7, 11) is -4.29. The van der Waals surface area contributed by atoms with Gasteiger partial charge in [-0.2, -0.15) is 4.31 Å². The maximum Gasteiger partial charge on any atom is 0.249 e. The topological polar surface area (TPSA) is 69.7 Å². The molecular formula is C19H20F3N3O3S. The number of benzene rings is 2. The number of nitrogens with one attached hydrogen (secondary N) is 1. The second kappa shape index (κ2) is 8.93. The molecule has 0 aliphatic carbocycles. The first kappa shape index (κ1) is 21.3. The highest BCUT2D eigenvalue weighted by molar-refractivity contribution is 7.89. The van der Waals surface area contributed by atoms with Gasteiger partial charge in [-0.15, -0.1) is 0 Å². The van der Waals surface area contributed by atoms with Crippen LogP contribution in [0, 0.1) is 17.5 Å². The maximum absolute atomic E-state index is 13.9. The summed E-state index contributed by atoms with van der Waals surface area (Å²) in [6.07, 6.45) is 0.100. The minimum atomic E-state index is -4.29. The zero-order chi connectivity index (χ0) is 21.0. The molecule has 0 radical (unpaired) electrons. The average Bonchev–Trinajstić information content (AvgIpc) is 2.68. The SMILES string of the molecule is O=C(CCN1CCN(S(=O)(=O)c2c(F)cccc2F)CC1)Nc1ccccc1F. The molecule has 1 amide bonds. The Hall–Kier alpha value is -2.43. The molecule has 0 aromatic heterocycles. The summed E-state index contributed by atoms with van der Waals surface area (Å²) in [4.78, 5) is 12.9. The first-order chi connectivity index (χ1) is 13.8. The largest absolute Gasteiger partial charge is 0.324 e. The van der Waals surface area contributed by atoms with Crippen molar-refractivity contribution in [2.75, 3.05) is 38.0 Å². The van der Waals surface area contributed by atoms with E-state index in [1.54, 1.807) is 6.07 Å². The van der Waals surface area contributed by atoms with Crippen LogP contribution in [-0.4, -0.2) is 56.3 Å². The fraction of sp³-hybridized carbons (Fsp3) is 0.316. The highest BCUT2D eigenvalue weighted by atomic mass is 32.2. The molecular weight excluding hydrogens is 407 g/mol. The molecule has 10 heteroatoms. The lowest BCUT2D eigenvalue weighted by molar-refractivity contribution is -0.116. The van der Waals surface area contributed by atoms with Crippen LogP contribution in [-0.2, 0) is 14.8 Å². The van der Waals surface area contributed by atoms with Gasteiger partial charge in [0.05, 0.1) is 5.69 Å². The molecule has 0 bridgehead atoms. The first-order valence-corrected chi connectivity index (χ1v) is 10.4. The molecule has 0 unspecified atom stereocenters. The summed E-state index contributed by atoms with van der Waals surface area (Å²) < 4.78 is 67.5. The summed E-state index contributed by atoms with van der Waals surface area (Å²) in [6.45, 7) is 1.06. The summed E-state index contributed by atoms with van der Waals surface area (Å²) in [5.74, 6) is -3.15. The number of sulfonamides is 1. The van der Waals surface area contributed by atoms with E-state index in [2.05, 4.69) is 5.32 Å². The van der Waals surface area contributed by atoms with E-state index in [0.29, 0.717) is 19.6 Å². The lowest BCUT2D eigenvalue weighted by Gasteiger charge is -2.33. The maximum atomic E-state index is 13.9. The molecule has 1 N–H and O–H groups in total. The van der Waals surface area contributed by atoms with Crippen molar-refractivity contribution in [1.29, 1.82) is 0 Å². The fourth-order valence-electron chi connectivity index (χ4n) is 3.09. The van der Waals surface area contributed by atoms with Crippen molar-refractivity contribution in [2.45, 2.75) is 11.3 Å². The van der Waals surface area contributed by atoms with Gasteiger partial charge in [0.1, 0.15) is 17.5 Å². The van der Waals surface area contributed by atoms with Crippen LogP contribution in [0.5, 0.6) is 0 Å². The third-order valence-electron chi connectivity index (χ3n) is 4.65. The van der Waals surface area contributed by atoms with Gasteiger partial charge in [0.15, 0.2) is 4.90 Å². The summed E-state index contributed by atoms with van der Waals surface area (Å²) in [6, 6.07) is 8.74. The first-order valence-electron chi connectivity index (χ1n) is 9.00. The van der Waals surface area contributed by atoms with Crippen LogP contribution in [0.1, 0.15) is 6.42 Å². The zero-order valence-corrected chi connectivity index (χ0v) is 16.3. The standard InChI is InChI=1S/C19H20F3N3O3S/c20-14-4-1-2-7-17(14)23-18(26)8-9-24-10-12-25(13-11-24)29(27,28)19-15(21)5-3-6-16(19)22/h1-7H,8-13H2,(H,23,26). The number of hydrogen-bond donors (Lipinski definition) is 1. The van der Waals surface area contributed by atoms with Gasteiger partial charge < -0.3 is 10.2 Å².